The Balaban J connectivity index is 2.29. The molecule has 1 aromatic carbocycles. The Morgan fingerprint density at radius 2 is 2.06 bits per heavy atom. The molecule has 0 aliphatic carbocycles. The van der Waals surface area contributed by atoms with Crippen LogP contribution in [0.2, 0.25) is 0 Å². The number of amides is 1. The Labute approximate surface area is 103 Å². The van der Waals surface area contributed by atoms with Crippen molar-refractivity contribution in [3.05, 3.63) is 53.2 Å². The van der Waals surface area contributed by atoms with E-state index in [1.807, 2.05) is 0 Å². The third-order valence-electron chi connectivity index (χ3n) is 2.44. The van der Waals surface area contributed by atoms with Gasteiger partial charge in [-0.05, 0) is 11.6 Å². The highest BCUT2D eigenvalue weighted by Crippen LogP contribution is 2.12. The number of hydrogen-bond acceptors (Lipinski definition) is 4. The van der Waals surface area contributed by atoms with Crippen molar-refractivity contribution >= 4 is 11.7 Å². The molecule has 1 heterocycles. The third-order valence-corrected chi connectivity index (χ3v) is 2.44. The SMILES string of the molecule is NC(=O)c1cnc(Cc2ccccc2F)nc1N. The van der Waals surface area contributed by atoms with Crippen molar-refractivity contribution < 1.29 is 9.18 Å². The van der Waals surface area contributed by atoms with Gasteiger partial charge < -0.3 is 11.5 Å². The molecule has 18 heavy (non-hydrogen) atoms. The third kappa shape index (κ3) is 2.42. The average molecular weight is 246 g/mol. The van der Waals surface area contributed by atoms with Gasteiger partial charge in [0.2, 0.25) is 0 Å². The molecule has 0 saturated heterocycles. The van der Waals surface area contributed by atoms with Crippen molar-refractivity contribution in [3.8, 4) is 0 Å². The number of carbonyl (C=O) groups excluding carboxylic acids is 1. The topological polar surface area (TPSA) is 94.9 Å². The summed E-state index contributed by atoms with van der Waals surface area (Å²) < 4.78 is 13.4. The molecule has 0 saturated carbocycles. The van der Waals surface area contributed by atoms with Crippen molar-refractivity contribution in [1.29, 1.82) is 0 Å². The van der Waals surface area contributed by atoms with Crippen LogP contribution in [0.5, 0.6) is 0 Å². The minimum absolute atomic E-state index is 0.00355. The molecular weight excluding hydrogens is 235 g/mol. The van der Waals surface area contributed by atoms with Crippen molar-refractivity contribution in [2.45, 2.75) is 6.42 Å². The fourth-order valence-electron chi connectivity index (χ4n) is 1.52. The first-order valence-electron chi connectivity index (χ1n) is 5.22. The van der Waals surface area contributed by atoms with Gasteiger partial charge in [-0.15, -0.1) is 0 Å². The zero-order valence-electron chi connectivity index (χ0n) is 9.43. The highest BCUT2D eigenvalue weighted by atomic mass is 19.1. The lowest BCUT2D eigenvalue weighted by Gasteiger charge is -2.05. The van der Waals surface area contributed by atoms with Gasteiger partial charge in [0.15, 0.2) is 0 Å². The Hall–Kier alpha value is -2.50. The summed E-state index contributed by atoms with van der Waals surface area (Å²) in [5.41, 5.74) is 11.2. The molecule has 0 aliphatic heterocycles. The number of nitrogens with two attached hydrogens (primary N) is 2. The predicted octanol–water partition coefficient (Wildman–Crippen LogP) is 0.888. The summed E-state index contributed by atoms with van der Waals surface area (Å²) in [5.74, 6) is -0.685. The summed E-state index contributed by atoms with van der Waals surface area (Å²) in [6, 6.07) is 6.32. The number of nitrogens with zero attached hydrogens (tertiary/aromatic N) is 2. The van der Waals surface area contributed by atoms with Crippen molar-refractivity contribution in [3.63, 3.8) is 0 Å². The van der Waals surface area contributed by atoms with E-state index in [0.29, 0.717) is 11.4 Å². The lowest BCUT2D eigenvalue weighted by molar-refractivity contribution is 0.100. The largest absolute Gasteiger partial charge is 0.383 e. The van der Waals surface area contributed by atoms with E-state index in [1.54, 1.807) is 18.2 Å². The average Bonchev–Trinajstić information content (AvgIpc) is 2.32. The molecule has 0 fully saturated rings. The number of anilines is 1. The number of hydrogen-bond donors (Lipinski definition) is 2. The minimum Gasteiger partial charge on any atom is -0.383 e. The van der Waals surface area contributed by atoms with Crippen molar-refractivity contribution in [1.82, 2.24) is 9.97 Å². The number of halogens is 1. The second-order valence-corrected chi connectivity index (χ2v) is 3.72. The summed E-state index contributed by atoms with van der Waals surface area (Å²) in [6.45, 7) is 0. The highest BCUT2D eigenvalue weighted by Gasteiger charge is 2.10. The van der Waals surface area contributed by atoms with Gasteiger partial charge in [0.1, 0.15) is 17.5 Å². The number of nitrogen functional groups attached to an aromatic ring is 1. The number of aromatic nitrogens is 2. The fraction of sp³-hybridized carbons (Fsp3) is 0.0833. The molecule has 2 aromatic rings. The molecule has 1 amide bonds. The van der Waals surface area contributed by atoms with Crippen molar-refractivity contribution in [2.75, 3.05) is 5.73 Å². The van der Waals surface area contributed by atoms with Crippen LogP contribution in [0.25, 0.3) is 0 Å². The van der Waals surface area contributed by atoms with Gasteiger partial charge in [0, 0.05) is 12.6 Å². The van der Waals surface area contributed by atoms with Gasteiger partial charge in [-0.2, -0.15) is 0 Å². The van der Waals surface area contributed by atoms with Crippen LogP contribution in [-0.2, 0) is 6.42 Å². The Kier molecular flexibility index (Phi) is 3.18. The number of carbonyl (C=O) groups is 1. The maximum absolute atomic E-state index is 13.4. The zero-order valence-corrected chi connectivity index (χ0v) is 9.43. The van der Waals surface area contributed by atoms with Crippen LogP contribution in [0.4, 0.5) is 10.2 Å². The van der Waals surface area contributed by atoms with E-state index >= 15 is 0 Å². The number of benzene rings is 1. The molecule has 0 aliphatic rings. The van der Waals surface area contributed by atoms with Crippen LogP contribution in [0.1, 0.15) is 21.7 Å². The maximum atomic E-state index is 13.4. The summed E-state index contributed by atoms with van der Waals surface area (Å²) in [6.07, 6.45) is 1.46. The van der Waals surface area contributed by atoms with Crippen LogP contribution < -0.4 is 11.5 Å². The smallest absolute Gasteiger partial charge is 0.254 e. The van der Waals surface area contributed by atoms with Crippen LogP contribution in [0.15, 0.2) is 30.5 Å². The molecule has 2 rings (SSSR count). The Morgan fingerprint density at radius 3 is 2.67 bits per heavy atom. The van der Waals surface area contributed by atoms with Crippen LogP contribution in [0.3, 0.4) is 0 Å². The lowest BCUT2D eigenvalue weighted by Crippen LogP contribution is -2.16. The summed E-state index contributed by atoms with van der Waals surface area (Å²) in [7, 11) is 0. The first-order chi connectivity index (χ1) is 8.58. The van der Waals surface area contributed by atoms with E-state index in [0.717, 1.165) is 0 Å². The summed E-state index contributed by atoms with van der Waals surface area (Å²) >= 11 is 0. The Bertz CT molecular complexity index is 600. The molecule has 6 heteroatoms. The van der Waals surface area contributed by atoms with E-state index in [-0.39, 0.29) is 23.6 Å². The second-order valence-electron chi connectivity index (χ2n) is 3.72. The summed E-state index contributed by atoms with van der Waals surface area (Å²) in [4.78, 5) is 18.8. The summed E-state index contributed by atoms with van der Waals surface area (Å²) in [5, 5.41) is 0. The zero-order chi connectivity index (χ0) is 13.1. The van der Waals surface area contributed by atoms with E-state index in [4.69, 9.17) is 11.5 Å². The van der Waals surface area contributed by atoms with Gasteiger partial charge in [0.05, 0.1) is 5.56 Å². The monoisotopic (exact) mass is 246 g/mol. The van der Waals surface area contributed by atoms with Crippen LogP contribution >= 0.6 is 0 Å². The standard InChI is InChI=1S/C12H11FN4O/c13-9-4-2-1-3-7(9)5-10-16-6-8(12(15)18)11(14)17-10/h1-4,6H,5H2,(H2,15,18)(H2,14,16,17). The van der Waals surface area contributed by atoms with Gasteiger partial charge >= 0.3 is 0 Å². The molecule has 0 radical (unpaired) electrons. The quantitative estimate of drug-likeness (QED) is 0.840. The molecule has 0 bridgehead atoms. The normalized spacial score (nSPS) is 10.3. The fourth-order valence-corrected chi connectivity index (χ4v) is 1.52. The van der Waals surface area contributed by atoms with Gasteiger partial charge in [-0.1, -0.05) is 18.2 Å². The minimum atomic E-state index is -0.690. The van der Waals surface area contributed by atoms with E-state index in [2.05, 4.69) is 9.97 Å². The van der Waals surface area contributed by atoms with Crippen LogP contribution in [-0.4, -0.2) is 15.9 Å². The van der Waals surface area contributed by atoms with E-state index in [1.165, 1.54) is 12.3 Å². The van der Waals surface area contributed by atoms with E-state index < -0.39 is 5.91 Å². The molecule has 0 atom stereocenters. The second kappa shape index (κ2) is 4.79. The maximum Gasteiger partial charge on any atom is 0.254 e. The highest BCUT2D eigenvalue weighted by molar-refractivity contribution is 5.96. The molecule has 0 spiro atoms. The molecule has 1 aromatic heterocycles. The Morgan fingerprint density at radius 1 is 1.33 bits per heavy atom. The van der Waals surface area contributed by atoms with Crippen LogP contribution in [0, 0.1) is 5.82 Å². The van der Waals surface area contributed by atoms with Gasteiger partial charge in [-0.25, -0.2) is 14.4 Å². The number of primary amides is 1. The van der Waals surface area contributed by atoms with Gasteiger partial charge in [0.25, 0.3) is 5.91 Å². The lowest BCUT2D eigenvalue weighted by atomic mass is 10.1. The van der Waals surface area contributed by atoms with Gasteiger partial charge in [-0.3, -0.25) is 4.79 Å². The first kappa shape index (κ1) is 12.0. The number of rotatable bonds is 3. The molecule has 0 unspecified atom stereocenters. The first-order valence-corrected chi connectivity index (χ1v) is 5.22. The van der Waals surface area contributed by atoms with Crippen molar-refractivity contribution in [2.24, 2.45) is 5.73 Å². The van der Waals surface area contributed by atoms with E-state index in [9.17, 15) is 9.18 Å². The molecule has 5 nitrogen and oxygen atoms in total. The predicted molar refractivity (Wildman–Crippen MR) is 64.2 cm³/mol. The molecule has 4 N–H and O–H groups in total. The molecule has 92 valence electrons. The molecular formula is C12H11FN4O.